The lowest BCUT2D eigenvalue weighted by Gasteiger charge is -2.06. The number of halogens is 5. The molecule has 0 aliphatic heterocycles. The lowest BCUT2D eigenvalue weighted by Crippen LogP contribution is -1.95. The summed E-state index contributed by atoms with van der Waals surface area (Å²) in [4.78, 5) is 0. The molecule has 1 aromatic rings. The quantitative estimate of drug-likeness (QED) is 0.559. The molecule has 0 radical (unpaired) electrons. The minimum absolute atomic E-state index is 0.00904. The van der Waals surface area contributed by atoms with E-state index in [9.17, 15) is 5.11 Å². The zero-order valence-corrected chi connectivity index (χ0v) is 12.8. The Balaban J connectivity index is 0.000000437. The molecule has 7 heteroatoms. The van der Waals surface area contributed by atoms with E-state index in [1.54, 1.807) is 0 Å². The van der Waals surface area contributed by atoms with Gasteiger partial charge in [0.05, 0.1) is 15.1 Å². The summed E-state index contributed by atoms with van der Waals surface area (Å²) in [6.45, 7) is 2.98. The third-order valence-electron chi connectivity index (χ3n) is 1.74. The van der Waals surface area contributed by atoms with Crippen LogP contribution in [0.5, 0.6) is 5.75 Å². The van der Waals surface area contributed by atoms with E-state index in [0.717, 1.165) is 6.54 Å². The Kier molecular flexibility index (Phi) is 8.73. The van der Waals surface area contributed by atoms with Crippen LogP contribution in [-0.2, 0) is 0 Å². The molecule has 0 saturated carbocycles. The van der Waals surface area contributed by atoms with Gasteiger partial charge in [0.25, 0.3) is 0 Å². The van der Waals surface area contributed by atoms with Crippen LogP contribution in [0.3, 0.4) is 0 Å². The van der Waals surface area contributed by atoms with Gasteiger partial charge in [-0.15, -0.1) is 0 Å². The Morgan fingerprint density at radius 1 is 0.882 bits per heavy atom. The minimum atomic E-state index is -0.363. The van der Waals surface area contributed by atoms with Gasteiger partial charge in [-0.25, -0.2) is 0 Å². The summed E-state index contributed by atoms with van der Waals surface area (Å²) in [7, 11) is 0. The van der Waals surface area contributed by atoms with Crippen molar-refractivity contribution in [1.29, 1.82) is 0 Å². The minimum Gasteiger partial charge on any atom is -0.505 e. The Hall–Kier alpha value is 0.430. The first-order valence-electron chi connectivity index (χ1n) is 4.78. The van der Waals surface area contributed by atoms with Gasteiger partial charge in [-0.3, -0.25) is 0 Å². The van der Waals surface area contributed by atoms with Crippen LogP contribution in [0.4, 0.5) is 0 Å². The highest BCUT2D eigenvalue weighted by atomic mass is 35.5. The molecule has 0 aliphatic rings. The van der Waals surface area contributed by atoms with Gasteiger partial charge in [0.1, 0.15) is 10.0 Å². The molecule has 0 heterocycles. The molecule has 2 nitrogen and oxygen atoms in total. The molecule has 0 bridgehead atoms. The van der Waals surface area contributed by atoms with Gasteiger partial charge in [-0.05, 0) is 13.0 Å². The van der Waals surface area contributed by atoms with E-state index in [0.29, 0.717) is 0 Å². The van der Waals surface area contributed by atoms with E-state index in [-0.39, 0.29) is 30.9 Å². The lowest BCUT2D eigenvalue weighted by atomic mass is 10.3. The van der Waals surface area contributed by atoms with Gasteiger partial charge >= 0.3 is 0 Å². The van der Waals surface area contributed by atoms with E-state index in [2.05, 4.69) is 6.92 Å². The predicted molar refractivity (Wildman–Crippen MR) is 77.1 cm³/mol. The highest BCUT2D eigenvalue weighted by Gasteiger charge is 2.18. The number of phenols is 1. The fourth-order valence-corrected chi connectivity index (χ4v) is 1.93. The molecule has 0 aliphatic carbocycles. The zero-order valence-electron chi connectivity index (χ0n) is 9.04. The van der Waals surface area contributed by atoms with Crippen molar-refractivity contribution >= 4 is 58.0 Å². The Bertz CT molecular complexity index is 276. The summed E-state index contributed by atoms with van der Waals surface area (Å²) in [5.74, 6) is -0.363. The first-order valence-corrected chi connectivity index (χ1v) is 6.67. The largest absolute Gasteiger partial charge is 0.505 e. The molecule has 0 unspecified atom stereocenters. The second-order valence-electron chi connectivity index (χ2n) is 3.06. The number of rotatable bonds is 2. The molecule has 0 fully saturated rings. The van der Waals surface area contributed by atoms with Gasteiger partial charge in [0.2, 0.25) is 0 Å². The molecule has 0 saturated heterocycles. The topological polar surface area (TPSA) is 46.2 Å². The molecule has 0 spiro atoms. The van der Waals surface area contributed by atoms with E-state index in [4.69, 9.17) is 63.7 Å². The first kappa shape index (κ1) is 17.4. The molecule has 98 valence electrons. The Morgan fingerprint density at radius 2 is 1.24 bits per heavy atom. The van der Waals surface area contributed by atoms with E-state index in [1.807, 2.05) is 0 Å². The highest BCUT2D eigenvalue weighted by molar-refractivity contribution is 6.55. The molecule has 0 atom stereocenters. The van der Waals surface area contributed by atoms with Crippen molar-refractivity contribution < 1.29 is 5.11 Å². The van der Waals surface area contributed by atoms with E-state index >= 15 is 0 Å². The summed E-state index contributed by atoms with van der Waals surface area (Å²) in [6, 6.07) is 0. The molecule has 1 aromatic carbocycles. The van der Waals surface area contributed by atoms with Crippen molar-refractivity contribution in [2.45, 2.75) is 19.8 Å². The second-order valence-corrected chi connectivity index (χ2v) is 4.95. The molecular weight excluding hydrogens is 327 g/mol. The summed E-state index contributed by atoms with van der Waals surface area (Å²) in [5, 5.41) is 9.01. The van der Waals surface area contributed by atoms with Gasteiger partial charge in [-0.2, -0.15) is 0 Å². The zero-order chi connectivity index (χ0) is 13.6. The average molecular weight is 339 g/mol. The van der Waals surface area contributed by atoms with Crippen molar-refractivity contribution in [2.24, 2.45) is 5.73 Å². The summed E-state index contributed by atoms with van der Waals surface area (Å²) >= 11 is 27.9. The standard InChI is InChI=1S/C6HCl5O.C4H11N/c7-1-2(8)4(10)6(12)5(11)3(1)9;1-2-3-4-5/h12H;2-5H2,1H3. The monoisotopic (exact) mass is 337 g/mol. The van der Waals surface area contributed by atoms with Crippen molar-refractivity contribution in [2.75, 3.05) is 6.54 Å². The van der Waals surface area contributed by atoms with Crippen LogP contribution in [0.1, 0.15) is 19.8 Å². The third kappa shape index (κ3) is 4.90. The van der Waals surface area contributed by atoms with Crippen LogP contribution in [0, 0.1) is 0 Å². The van der Waals surface area contributed by atoms with Crippen molar-refractivity contribution in [1.82, 2.24) is 0 Å². The van der Waals surface area contributed by atoms with E-state index < -0.39 is 0 Å². The maximum absolute atomic E-state index is 9.20. The Morgan fingerprint density at radius 3 is 1.47 bits per heavy atom. The van der Waals surface area contributed by atoms with Crippen LogP contribution in [0.2, 0.25) is 25.1 Å². The number of aromatic hydroxyl groups is 1. The molecule has 0 aromatic heterocycles. The van der Waals surface area contributed by atoms with Crippen molar-refractivity contribution in [3.05, 3.63) is 25.1 Å². The van der Waals surface area contributed by atoms with Crippen LogP contribution in [0.15, 0.2) is 0 Å². The predicted octanol–water partition coefficient (Wildman–Crippen LogP) is 5.40. The molecule has 17 heavy (non-hydrogen) atoms. The first-order chi connectivity index (χ1) is 7.88. The van der Waals surface area contributed by atoms with Gasteiger partial charge in [0, 0.05) is 0 Å². The normalized spacial score (nSPS) is 9.82. The number of hydrogen-bond acceptors (Lipinski definition) is 2. The van der Waals surface area contributed by atoms with Crippen LogP contribution in [0.25, 0.3) is 0 Å². The SMILES string of the molecule is CCCCN.Oc1c(Cl)c(Cl)c(Cl)c(Cl)c1Cl. The van der Waals surface area contributed by atoms with Crippen LogP contribution in [-0.4, -0.2) is 11.7 Å². The molecule has 1 rings (SSSR count). The summed E-state index contributed by atoms with van der Waals surface area (Å²) < 4.78 is 0. The molecular formula is C10H12Cl5NO. The maximum Gasteiger partial charge on any atom is 0.155 e. The van der Waals surface area contributed by atoms with Crippen LogP contribution >= 0.6 is 58.0 Å². The number of phenolic OH excluding ortho intramolecular Hbond substituents is 1. The second kappa shape index (κ2) is 8.52. The molecule has 0 amide bonds. The smallest absolute Gasteiger partial charge is 0.155 e. The lowest BCUT2D eigenvalue weighted by molar-refractivity contribution is 0.476. The van der Waals surface area contributed by atoms with Crippen molar-refractivity contribution in [3.63, 3.8) is 0 Å². The number of nitrogens with two attached hydrogens (primary N) is 1. The van der Waals surface area contributed by atoms with Crippen LogP contribution < -0.4 is 5.73 Å². The molecule has 3 N–H and O–H groups in total. The third-order valence-corrected chi connectivity index (χ3v) is 4.00. The number of unbranched alkanes of at least 4 members (excludes halogenated alkanes) is 1. The summed E-state index contributed by atoms with van der Waals surface area (Å²) in [6.07, 6.45) is 2.39. The Labute approximate surface area is 126 Å². The van der Waals surface area contributed by atoms with Gasteiger partial charge < -0.3 is 10.8 Å². The number of benzene rings is 1. The van der Waals surface area contributed by atoms with Gasteiger partial charge in [0.15, 0.2) is 5.75 Å². The summed E-state index contributed by atoms with van der Waals surface area (Å²) in [5.41, 5.74) is 5.14. The average Bonchev–Trinajstić information content (AvgIpc) is 2.33. The fraction of sp³-hybridized carbons (Fsp3) is 0.400. The van der Waals surface area contributed by atoms with Gasteiger partial charge in [-0.1, -0.05) is 71.3 Å². The fourth-order valence-electron chi connectivity index (χ4n) is 0.797. The number of hydrogen-bond donors (Lipinski definition) is 2. The van der Waals surface area contributed by atoms with Crippen molar-refractivity contribution in [3.8, 4) is 5.75 Å². The van der Waals surface area contributed by atoms with E-state index in [1.165, 1.54) is 12.8 Å². The maximum atomic E-state index is 9.20. The highest BCUT2D eigenvalue weighted by Crippen LogP contribution is 2.47.